The Balaban J connectivity index is 1.83. The van der Waals surface area contributed by atoms with E-state index in [2.05, 4.69) is 9.62 Å². The largest absolute Gasteiger partial charge is 0.379 e. The van der Waals surface area contributed by atoms with Gasteiger partial charge in [0.05, 0.1) is 23.7 Å². The van der Waals surface area contributed by atoms with Gasteiger partial charge in [0.2, 0.25) is 10.0 Å². The summed E-state index contributed by atoms with van der Waals surface area (Å²) in [5.41, 5.74) is 0.566. The molecule has 2 aromatic carbocycles. The Morgan fingerprint density at radius 1 is 1.25 bits per heavy atom. The van der Waals surface area contributed by atoms with Crippen molar-refractivity contribution in [1.82, 2.24) is 9.62 Å². The Bertz CT molecular complexity index is 988. The predicted octanol–water partition coefficient (Wildman–Crippen LogP) is 2.70. The number of halogens is 2. The summed E-state index contributed by atoms with van der Waals surface area (Å²) in [5, 5.41) is 9.50. The van der Waals surface area contributed by atoms with Gasteiger partial charge in [-0.1, -0.05) is 23.7 Å². The Labute approximate surface area is 168 Å². The molecule has 2 aromatic rings. The molecule has 1 heterocycles. The number of nitrogens with one attached hydrogen (secondary N) is 1. The summed E-state index contributed by atoms with van der Waals surface area (Å²) in [6, 6.07) is 11.8. The van der Waals surface area contributed by atoms with Gasteiger partial charge in [-0.2, -0.15) is 5.26 Å². The molecule has 28 heavy (non-hydrogen) atoms. The van der Waals surface area contributed by atoms with E-state index in [4.69, 9.17) is 21.6 Å². The van der Waals surface area contributed by atoms with Gasteiger partial charge in [0.15, 0.2) is 0 Å². The van der Waals surface area contributed by atoms with Gasteiger partial charge in [0.25, 0.3) is 0 Å². The molecule has 0 radical (unpaired) electrons. The molecule has 0 aliphatic carbocycles. The van der Waals surface area contributed by atoms with E-state index in [0.717, 1.165) is 23.8 Å². The monoisotopic (exact) mass is 423 g/mol. The zero-order valence-electron chi connectivity index (χ0n) is 14.9. The van der Waals surface area contributed by atoms with Crippen LogP contribution in [-0.4, -0.2) is 46.2 Å². The van der Waals surface area contributed by atoms with E-state index in [9.17, 15) is 12.8 Å². The number of ether oxygens (including phenoxy) is 1. The summed E-state index contributed by atoms with van der Waals surface area (Å²) in [6.45, 7) is 2.55. The van der Waals surface area contributed by atoms with Crippen molar-refractivity contribution in [3.63, 3.8) is 0 Å². The van der Waals surface area contributed by atoms with Crippen molar-refractivity contribution < 1.29 is 17.5 Å². The summed E-state index contributed by atoms with van der Waals surface area (Å²) in [6.07, 6.45) is 0. The lowest BCUT2D eigenvalue weighted by atomic mass is 10.1. The molecule has 0 bridgehead atoms. The van der Waals surface area contributed by atoms with Crippen molar-refractivity contribution in [2.75, 3.05) is 32.8 Å². The number of nitrogens with zero attached hydrogens (tertiary/aromatic N) is 2. The lowest BCUT2D eigenvalue weighted by Crippen LogP contribution is -2.43. The first-order valence-electron chi connectivity index (χ1n) is 8.67. The molecule has 1 saturated heterocycles. The van der Waals surface area contributed by atoms with Gasteiger partial charge in [-0.25, -0.2) is 17.5 Å². The predicted molar refractivity (Wildman–Crippen MR) is 103 cm³/mol. The maximum Gasteiger partial charge on any atom is 0.240 e. The number of hydrogen-bond acceptors (Lipinski definition) is 5. The number of morpholine rings is 1. The fourth-order valence-corrected chi connectivity index (χ4v) is 4.35. The highest BCUT2D eigenvalue weighted by Gasteiger charge is 2.25. The van der Waals surface area contributed by atoms with Gasteiger partial charge in [0, 0.05) is 30.7 Å². The summed E-state index contributed by atoms with van der Waals surface area (Å²) >= 11 is 6.11. The maximum absolute atomic E-state index is 13.5. The van der Waals surface area contributed by atoms with Gasteiger partial charge in [-0.05, 0) is 35.9 Å². The Kier molecular flexibility index (Phi) is 6.65. The number of sulfonamides is 1. The standard InChI is InChI=1S/C19H19ClFN3O3S/c20-16-3-1-2-14(10-16)19(24-6-8-27-9-7-24)13-23-28(25,26)17-4-5-18(21)15(11-17)12-22/h1-5,10-11,19,23H,6-9,13H2. The van der Waals surface area contributed by atoms with E-state index in [1.807, 2.05) is 18.2 Å². The van der Waals surface area contributed by atoms with Crippen LogP contribution in [0.15, 0.2) is 47.4 Å². The molecule has 0 amide bonds. The average molecular weight is 424 g/mol. The van der Waals surface area contributed by atoms with Crippen molar-refractivity contribution in [3.8, 4) is 6.07 Å². The lowest BCUT2D eigenvalue weighted by molar-refractivity contribution is 0.0172. The van der Waals surface area contributed by atoms with E-state index in [-0.39, 0.29) is 23.0 Å². The molecule has 0 spiro atoms. The first-order chi connectivity index (χ1) is 13.4. The van der Waals surface area contributed by atoms with Gasteiger partial charge in [-0.15, -0.1) is 0 Å². The SMILES string of the molecule is N#Cc1cc(S(=O)(=O)NCC(c2cccc(Cl)c2)N2CCOCC2)ccc1F. The molecule has 0 aromatic heterocycles. The van der Waals surface area contributed by atoms with Gasteiger partial charge in [0.1, 0.15) is 11.9 Å². The van der Waals surface area contributed by atoms with Crippen LogP contribution in [-0.2, 0) is 14.8 Å². The van der Waals surface area contributed by atoms with E-state index in [1.54, 1.807) is 12.1 Å². The number of benzene rings is 2. The van der Waals surface area contributed by atoms with Crippen molar-refractivity contribution in [3.05, 3.63) is 64.4 Å². The molecule has 1 N–H and O–H groups in total. The van der Waals surface area contributed by atoms with Crippen LogP contribution in [0.1, 0.15) is 17.2 Å². The molecule has 0 saturated carbocycles. The highest BCUT2D eigenvalue weighted by Crippen LogP contribution is 2.25. The molecule has 148 valence electrons. The second kappa shape index (κ2) is 8.99. The van der Waals surface area contributed by atoms with Crippen molar-refractivity contribution >= 4 is 21.6 Å². The Hall–Kier alpha value is -2.02. The van der Waals surface area contributed by atoms with Gasteiger partial charge < -0.3 is 4.74 Å². The van der Waals surface area contributed by atoms with Crippen LogP contribution in [0.2, 0.25) is 5.02 Å². The highest BCUT2D eigenvalue weighted by atomic mass is 35.5. The first kappa shape index (κ1) is 20.7. The summed E-state index contributed by atoms with van der Waals surface area (Å²) < 4.78 is 46.8. The van der Waals surface area contributed by atoms with Crippen LogP contribution in [0.4, 0.5) is 4.39 Å². The number of nitriles is 1. The quantitative estimate of drug-likeness (QED) is 0.772. The summed E-state index contributed by atoms with van der Waals surface area (Å²) in [5.74, 6) is -0.758. The zero-order chi connectivity index (χ0) is 20.1. The minimum absolute atomic E-state index is 0.0991. The fraction of sp³-hybridized carbons (Fsp3) is 0.316. The minimum Gasteiger partial charge on any atom is -0.379 e. The van der Waals surface area contributed by atoms with E-state index in [0.29, 0.717) is 31.3 Å². The molecule has 3 rings (SSSR count). The Morgan fingerprint density at radius 3 is 2.68 bits per heavy atom. The zero-order valence-corrected chi connectivity index (χ0v) is 16.5. The smallest absolute Gasteiger partial charge is 0.240 e. The van der Waals surface area contributed by atoms with E-state index >= 15 is 0 Å². The molecular weight excluding hydrogens is 405 g/mol. The summed E-state index contributed by atoms with van der Waals surface area (Å²) in [7, 11) is -3.92. The second-order valence-corrected chi connectivity index (χ2v) is 8.53. The molecule has 1 atom stereocenters. The molecular formula is C19H19ClFN3O3S. The summed E-state index contributed by atoms with van der Waals surface area (Å²) in [4.78, 5) is 1.97. The minimum atomic E-state index is -3.92. The third kappa shape index (κ3) is 4.87. The normalized spacial score (nSPS) is 16.5. The van der Waals surface area contributed by atoms with Crippen molar-refractivity contribution in [1.29, 1.82) is 5.26 Å². The first-order valence-corrected chi connectivity index (χ1v) is 10.5. The topological polar surface area (TPSA) is 82.4 Å². The fourth-order valence-electron chi connectivity index (χ4n) is 3.09. The van der Waals surface area contributed by atoms with E-state index < -0.39 is 15.8 Å². The lowest BCUT2D eigenvalue weighted by Gasteiger charge is -2.35. The molecule has 1 aliphatic rings. The third-order valence-electron chi connectivity index (χ3n) is 4.56. The number of hydrogen-bond donors (Lipinski definition) is 1. The van der Waals surface area contributed by atoms with Crippen LogP contribution in [0.25, 0.3) is 0 Å². The molecule has 1 unspecified atom stereocenters. The molecule has 1 aliphatic heterocycles. The average Bonchev–Trinajstić information content (AvgIpc) is 2.69. The van der Waals surface area contributed by atoms with Crippen LogP contribution in [0, 0.1) is 17.1 Å². The van der Waals surface area contributed by atoms with Gasteiger partial charge >= 0.3 is 0 Å². The maximum atomic E-state index is 13.5. The van der Waals surface area contributed by atoms with Crippen LogP contribution >= 0.6 is 11.6 Å². The highest BCUT2D eigenvalue weighted by molar-refractivity contribution is 7.89. The molecule has 1 fully saturated rings. The van der Waals surface area contributed by atoms with Crippen LogP contribution in [0.3, 0.4) is 0 Å². The molecule has 9 heteroatoms. The second-order valence-electron chi connectivity index (χ2n) is 6.32. The Morgan fingerprint density at radius 2 is 2.00 bits per heavy atom. The van der Waals surface area contributed by atoms with Crippen LogP contribution in [0.5, 0.6) is 0 Å². The number of rotatable bonds is 6. The third-order valence-corrected chi connectivity index (χ3v) is 6.21. The van der Waals surface area contributed by atoms with Crippen molar-refractivity contribution in [2.45, 2.75) is 10.9 Å². The van der Waals surface area contributed by atoms with E-state index in [1.165, 1.54) is 0 Å². The molecule has 6 nitrogen and oxygen atoms in total. The van der Waals surface area contributed by atoms with Crippen LogP contribution < -0.4 is 4.72 Å². The van der Waals surface area contributed by atoms with Crippen molar-refractivity contribution in [2.24, 2.45) is 0 Å². The van der Waals surface area contributed by atoms with Gasteiger partial charge in [-0.3, -0.25) is 4.90 Å².